The van der Waals surface area contributed by atoms with E-state index in [-0.39, 0.29) is 11.8 Å². The molecule has 0 saturated heterocycles. The average molecular weight is 314 g/mol. The zero-order chi connectivity index (χ0) is 17.0. The van der Waals surface area contributed by atoms with Gasteiger partial charge in [-0.3, -0.25) is 4.79 Å². The molecular weight excluding hydrogens is 288 g/mol. The third-order valence-electron chi connectivity index (χ3n) is 3.86. The van der Waals surface area contributed by atoms with Gasteiger partial charge in [-0.05, 0) is 25.8 Å². The van der Waals surface area contributed by atoms with E-state index in [1.54, 1.807) is 0 Å². The minimum atomic E-state index is -0.00716. The number of nitrogens with zero attached hydrogens (tertiary/aromatic N) is 2. The van der Waals surface area contributed by atoms with E-state index in [0.29, 0.717) is 6.54 Å². The molecule has 1 amide bonds. The molecule has 4 heteroatoms. The van der Waals surface area contributed by atoms with Gasteiger partial charge in [0, 0.05) is 24.1 Å². The Bertz CT molecular complexity index is 674. The molecule has 2 rings (SSSR count). The molecule has 0 fully saturated rings. The third kappa shape index (κ3) is 4.21. The fraction of sp³-hybridized carbons (Fsp3) is 0.474. The number of benzene rings is 1. The molecular formula is C19H26N2O2. The summed E-state index contributed by atoms with van der Waals surface area (Å²) in [6, 6.07) is 8.19. The van der Waals surface area contributed by atoms with Crippen molar-refractivity contribution < 1.29 is 9.32 Å². The van der Waals surface area contributed by atoms with Crippen molar-refractivity contribution in [1.82, 2.24) is 10.1 Å². The van der Waals surface area contributed by atoms with E-state index in [0.717, 1.165) is 35.5 Å². The number of aromatic nitrogens is 1. The van der Waals surface area contributed by atoms with Gasteiger partial charge in [-0.2, -0.15) is 0 Å². The first-order valence-electron chi connectivity index (χ1n) is 8.24. The fourth-order valence-electron chi connectivity index (χ4n) is 2.70. The highest BCUT2D eigenvalue weighted by Crippen LogP contribution is 2.25. The Hall–Kier alpha value is -2.10. The number of carbonyl (C=O) groups excluding carboxylic acids is 1. The van der Waals surface area contributed by atoms with Gasteiger partial charge in [-0.1, -0.05) is 49.7 Å². The van der Waals surface area contributed by atoms with Crippen LogP contribution in [0.25, 0.3) is 11.3 Å². The maximum absolute atomic E-state index is 12.3. The molecule has 0 aliphatic rings. The molecule has 0 aliphatic carbocycles. The maximum Gasteiger partial charge on any atom is 0.225 e. The van der Waals surface area contributed by atoms with Crippen LogP contribution in [-0.4, -0.2) is 22.5 Å². The molecule has 0 bridgehead atoms. The predicted molar refractivity (Wildman–Crippen MR) is 92.0 cm³/mol. The quantitative estimate of drug-likeness (QED) is 0.796. The SMILES string of the molecule is CCCN(Cc1cc(-c2ccc(C)cc2C)on1)C(=O)C(C)C. The monoisotopic (exact) mass is 314 g/mol. The van der Waals surface area contributed by atoms with Crippen LogP contribution in [0, 0.1) is 19.8 Å². The summed E-state index contributed by atoms with van der Waals surface area (Å²) in [5.74, 6) is 0.904. The molecule has 0 unspecified atom stereocenters. The predicted octanol–water partition coefficient (Wildman–Crippen LogP) is 4.35. The van der Waals surface area contributed by atoms with E-state index >= 15 is 0 Å². The van der Waals surface area contributed by atoms with E-state index in [1.807, 2.05) is 24.8 Å². The molecule has 1 aromatic carbocycles. The highest BCUT2D eigenvalue weighted by molar-refractivity contribution is 5.78. The van der Waals surface area contributed by atoms with Crippen molar-refractivity contribution in [1.29, 1.82) is 0 Å². The van der Waals surface area contributed by atoms with E-state index in [9.17, 15) is 4.79 Å². The van der Waals surface area contributed by atoms with E-state index in [1.165, 1.54) is 5.56 Å². The minimum absolute atomic E-state index is 0.00716. The van der Waals surface area contributed by atoms with Gasteiger partial charge in [-0.25, -0.2) is 0 Å². The maximum atomic E-state index is 12.3. The number of hydrogen-bond acceptors (Lipinski definition) is 3. The second-order valence-electron chi connectivity index (χ2n) is 6.42. The summed E-state index contributed by atoms with van der Waals surface area (Å²) in [5, 5.41) is 4.15. The van der Waals surface area contributed by atoms with Crippen molar-refractivity contribution in [3.8, 4) is 11.3 Å². The molecule has 124 valence electrons. The molecule has 2 aromatic rings. The number of aryl methyl sites for hydroxylation is 2. The normalized spacial score (nSPS) is 11.0. The molecule has 1 aromatic heterocycles. The molecule has 0 N–H and O–H groups in total. The number of rotatable bonds is 6. The standard InChI is InChI=1S/C19H26N2O2/c1-6-9-21(19(22)13(2)3)12-16-11-18(23-20-16)17-8-7-14(4)10-15(17)5/h7-8,10-11,13H,6,9,12H2,1-5H3. The molecule has 0 atom stereocenters. The highest BCUT2D eigenvalue weighted by Gasteiger charge is 2.19. The van der Waals surface area contributed by atoms with Crippen molar-refractivity contribution >= 4 is 5.91 Å². The first-order valence-corrected chi connectivity index (χ1v) is 8.24. The summed E-state index contributed by atoms with van der Waals surface area (Å²) >= 11 is 0. The van der Waals surface area contributed by atoms with Crippen molar-refractivity contribution in [2.24, 2.45) is 5.92 Å². The Labute approximate surface area is 138 Å². The first-order chi connectivity index (χ1) is 10.9. The van der Waals surface area contributed by atoms with Crippen molar-refractivity contribution in [3.05, 3.63) is 41.1 Å². The van der Waals surface area contributed by atoms with E-state index < -0.39 is 0 Å². The molecule has 0 spiro atoms. The fourth-order valence-corrected chi connectivity index (χ4v) is 2.70. The zero-order valence-corrected chi connectivity index (χ0v) is 14.7. The summed E-state index contributed by atoms with van der Waals surface area (Å²) in [6.07, 6.45) is 0.931. The lowest BCUT2D eigenvalue weighted by Gasteiger charge is -2.22. The Kier molecular flexibility index (Phi) is 5.59. The average Bonchev–Trinajstić information content (AvgIpc) is 2.94. The Morgan fingerprint density at radius 2 is 2.00 bits per heavy atom. The van der Waals surface area contributed by atoms with Gasteiger partial charge in [0.2, 0.25) is 5.91 Å². The van der Waals surface area contributed by atoms with Crippen LogP contribution in [0.3, 0.4) is 0 Å². The van der Waals surface area contributed by atoms with Crippen LogP contribution >= 0.6 is 0 Å². The summed E-state index contributed by atoms with van der Waals surface area (Å²) in [7, 11) is 0. The van der Waals surface area contributed by atoms with Crippen molar-refractivity contribution in [3.63, 3.8) is 0 Å². The van der Waals surface area contributed by atoms with Crippen molar-refractivity contribution in [2.75, 3.05) is 6.54 Å². The molecule has 1 heterocycles. The van der Waals surface area contributed by atoms with E-state index in [4.69, 9.17) is 4.52 Å². The molecule has 0 aliphatic heterocycles. The summed E-state index contributed by atoms with van der Waals surface area (Å²) < 4.78 is 5.50. The lowest BCUT2D eigenvalue weighted by atomic mass is 10.0. The highest BCUT2D eigenvalue weighted by atomic mass is 16.5. The minimum Gasteiger partial charge on any atom is -0.356 e. The summed E-state index contributed by atoms with van der Waals surface area (Å²) in [5.41, 5.74) is 4.23. The Morgan fingerprint density at radius 3 is 2.61 bits per heavy atom. The number of amides is 1. The van der Waals surface area contributed by atoms with E-state index in [2.05, 4.69) is 44.1 Å². The van der Waals surface area contributed by atoms with Crippen LogP contribution in [0.5, 0.6) is 0 Å². The van der Waals surface area contributed by atoms with Gasteiger partial charge < -0.3 is 9.42 Å². The van der Waals surface area contributed by atoms with Crippen LogP contribution in [0.15, 0.2) is 28.8 Å². The lowest BCUT2D eigenvalue weighted by molar-refractivity contribution is -0.135. The molecule has 0 saturated carbocycles. The Morgan fingerprint density at radius 1 is 1.26 bits per heavy atom. The third-order valence-corrected chi connectivity index (χ3v) is 3.86. The smallest absolute Gasteiger partial charge is 0.225 e. The number of hydrogen-bond donors (Lipinski definition) is 0. The van der Waals surface area contributed by atoms with Crippen LogP contribution in [0.1, 0.15) is 44.0 Å². The second kappa shape index (κ2) is 7.44. The number of carbonyl (C=O) groups is 1. The van der Waals surface area contributed by atoms with Gasteiger partial charge in [0.1, 0.15) is 5.69 Å². The second-order valence-corrected chi connectivity index (χ2v) is 6.42. The van der Waals surface area contributed by atoms with Gasteiger partial charge in [0.05, 0.1) is 6.54 Å². The lowest BCUT2D eigenvalue weighted by Crippen LogP contribution is -2.34. The summed E-state index contributed by atoms with van der Waals surface area (Å²) in [4.78, 5) is 14.1. The van der Waals surface area contributed by atoms with Crippen molar-refractivity contribution in [2.45, 2.75) is 47.6 Å². The van der Waals surface area contributed by atoms with Gasteiger partial charge in [0.25, 0.3) is 0 Å². The molecule has 0 radical (unpaired) electrons. The largest absolute Gasteiger partial charge is 0.356 e. The molecule has 4 nitrogen and oxygen atoms in total. The first kappa shape index (κ1) is 17.3. The topological polar surface area (TPSA) is 46.3 Å². The van der Waals surface area contributed by atoms with Crippen LogP contribution < -0.4 is 0 Å². The van der Waals surface area contributed by atoms with Gasteiger partial charge in [-0.15, -0.1) is 0 Å². The zero-order valence-electron chi connectivity index (χ0n) is 14.7. The molecule has 23 heavy (non-hydrogen) atoms. The van der Waals surface area contributed by atoms with Crippen LogP contribution in [0.2, 0.25) is 0 Å². The summed E-state index contributed by atoms with van der Waals surface area (Å²) in [6.45, 7) is 11.3. The van der Waals surface area contributed by atoms with Gasteiger partial charge >= 0.3 is 0 Å². The van der Waals surface area contributed by atoms with Gasteiger partial charge in [0.15, 0.2) is 5.76 Å². The Balaban J connectivity index is 2.19. The van der Waals surface area contributed by atoms with Crippen LogP contribution in [-0.2, 0) is 11.3 Å². The van der Waals surface area contributed by atoms with Crippen LogP contribution in [0.4, 0.5) is 0 Å².